The van der Waals surface area contributed by atoms with E-state index in [1.54, 1.807) is 12.1 Å². The Morgan fingerprint density at radius 2 is 2.03 bits per heavy atom. The van der Waals surface area contributed by atoms with E-state index in [1.165, 1.54) is 23.1 Å². The molecule has 6 nitrogen and oxygen atoms in total. The van der Waals surface area contributed by atoms with Crippen LogP contribution in [0.25, 0.3) is 22.6 Å². The Bertz CT molecular complexity index is 1260. The molecule has 0 unspecified atom stereocenters. The van der Waals surface area contributed by atoms with Gasteiger partial charge in [0.2, 0.25) is 5.91 Å². The van der Waals surface area contributed by atoms with Gasteiger partial charge in [-0.25, -0.2) is 4.98 Å². The van der Waals surface area contributed by atoms with Crippen molar-refractivity contribution < 1.29 is 4.79 Å². The minimum absolute atomic E-state index is 0.163. The number of anilines is 1. The van der Waals surface area contributed by atoms with Gasteiger partial charge in [-0.05, 0) is 24.3 Å². The Morgan fingerprint density at radius 3 is 2.78 bits per heavy atom. The van der Waals surface area contributed by atoms with Gasteiger partial charge in [-0.1, -0.05) is 69.6 Å². The fraction of sp³-hybridized carbons (Fsp3) is 0.0909. The molecule has 2 aromatic heterocycles. The van der Waals surface area contributed by atoms with Crippen LogP contribution in [0.5, 0.6) is 0 Å². The Morgan fingerprint density at radius 1 is 1.22 bits per heavy atom. The fourth-order valence-corrected chi connectivity index (χ4v) is 4.84. The van der Waals surface area contributed by atoms with E-state index in [0.29, 0.717) is 27.7 Å². The third-order valence-corrected chi connectivity index (χ3v) is 6.82. The molecule has 2 aromatic carbocycles. The molecule has 0 aliphatic carbocycles. The molecule has 4 aromatic rings. The summed E-state index contributed by atoms with van der Waals surface area (Å²) in [5.41, 5.74) is 2.67. The van der Waals surface area contributed by atoms with E-state index >= 15 is 0 Å². The van der Waals surface area contributed by atoms with Crippen molar-refractivity contribution in [3.63, 3.8) is 0 Å². The van der Waals surface area contributed by atoms with Crippen LogP contribution in [0.15, 0.2) is 76.2 Å². The molecule has 0 spiro atoms. The molecule has 0 aliphatic heterocycles. The zero-order valence-corrected chi connectivity index (χ0v) is 20.6. The van der Waals surface area contributed by atoms with Crippen LogP contribution in [0.4, 0.5) is 5.13 Å². The summed E-state index contributed by atoms with van der Waals surface area (Å²) in [5.74, 6) is 0.691. The van der Waals surface area contributed by atoms with Gasteiger partial charge in [0.25, 0.3) is 0 Å². The lowest BCUT2D eigenvalue weighted by atomic mass is 10.2. The predicted octanol–water partition coefficient (Wildman–Crippen LogP) is 6.40. The zero-order valence-electron chi connectivity index (χ0n) is 16.7. The van der Waals surface area contributed by atoms with Crippen LogP contribution in [0.1, 0.15) is 0 Å². The van der Waals surface area contributed by atoms with Crippen molar-refractivity contribution in [3.8, 4) is 22.6 Å². The zero-order chi connectivity index (χ0) is 22.5. The molecule has 4 rings (SSSR count). The summed E-state index contributed by atoms with van der Waals surface area (Å²) in [6.45, 7) is 4.33. The number of hydrogen-bond acceptors (Lipinski definition) is 6. The number of aromatic nitrogens is 4. The second-order valence-electron chi connectivity index (χ2n) is 6.60. The van der Waals surface area contributed by atoms with E-state index in [0.717, 1.165) is 21.3 Å². The molecule has 2 heterocycles. The van der Waals surface area contributed by atoms with Gasteiger partial charge in [0.05, 0.1) is 11.4 Å². The number of hydrogen-bond donors (Lipinski definition) is 1. The third kappa shape index (κ3) is 5.47. The van der Waals surface area contributed by atoms with Gasteiger partial charge in [0.1, 0.15) is 0 Å². The minimum atomic E-state index is -0.163. The first kappa shape index (κ1) is 22.7. The summed E-state index contributed by atoms with van der Waals surface area (Å²) in [5, 5.41) is 15.1. The highest BCUT2D eigenvalue weighted by molar-refractivity contribution is 9.10. The number of nitrogens with zero attached hydrogens (tertiary/aromatic N) is 4. The molecule has 0 aliphatic rings. The second-order valence-corrected chi connectivity index (χ2v) is 9.75. The molecule has 0 atom stereocenters. The molecule has 0 saturated heterocycles. The van der Waals surface area contributed by atoms with Crippen molar-refractivity contribution >= 4 is 61.7 Å². The topological polar surface area (TPSA) is 72.7 Å². The van der Waals surface area contributed by atoms with Gasteiger partial charge in [-0.3, -0.25) is 9.36 Å². The van der Waals surface area contributed by atoms with Gasteiger partial charge < -0.3 is 5.32 Å². The highest BCUT2D eigenvalue weighted by Crippen LogP contribution is 2.28. The normalized spacial score (nSPS) is 10.8. The number of rotatable bonds is 8. The van der Waals surface area contributed by atoms with Crippen LogP contribution in [0.3, 0.4) is 0 Å². The molecule has 0 fully saturated rings. The fourth-order valence-electron chi connectivity index (χ4n) is 2.90. The Labute approximate surface area is 206 Å². The number of amides is 1. The Hall–Kier alpha value is -2.46. The molecule has 10 heteroatoms. The number of halogens is 2. The van der Waals surface area contributed by atoms with Crippen molar-refractivity contribution in [2.24, 2.45) is 0 Å². The molecule has 1 N–H and O–H groups in total. The second kappa shape index (κ2) is 10.4. The minimum Gasteiger partial charge on any atom is -0.301 e. The SMILES string of the molecule is C=CCn1c(SCC(=O)Nc2nc(-c3ccc(Br)cc3)cs2)nnc1-c1cccc(Cl)c1. The third-order valence-electron chi connectivity index (χ3n) is 4.33. The summed E-state index contributed by atoms with van der Waals surface area (Å²) in [4.78, 5) is 17.0. The molecule has 162 valence electrons. The maximum Gasteiger partial charge on any atom is 0.236 e. The molecule has 0 bridgehead atoms. The molecule has 1 amide bonds. The maximum atomic E-state index is 12.5. The van der Waals surface area contributed by atoms with Crippen LogP contribution in [-0.4, -0.2) is 31.4 Å². The quantitative estimate of drug-likeness (QED) is 0.204. The van der Waals surface area contributed by atoms with E-state index in [4.69, 9.17) is 11.6 Å². The summed E-state index contributed by atoms with van der Waals surface area (Å²) >= 11 is 12.2. The highest BCUT2D eigenvalue weighted by atomic mass is 79.9. The van der Waals surface area contributed by atoms with Crippen molar-refractivity contribution in [1.29, 1.82) is 0 Å². The lowest BCUT2D eigenvalue weighted by molar-refractivity contribution is -0.113. The Balaban J connectivity index is 1.42. The molecule has 0 radical (unpaired) electrons. The van der Waals surface area contributed by atoms with Gasteiger partial charge in [-0.2, -0.15) is 0 Å². The average Bonchev–Trinajstić information content (AvgIpc) is 3.40. The van der Waals surface area contributed by atoms with E-state index < -0.39 is 0 Å². The van der Waals surface area contributed by atoms with Crippen LogP contribution >= 0.6 is 50.6 Å². The smallest absolute Gasteiger partial charge is 0.236 e. The van der Waals surface area contributed by atoms with Crippen molar-refractivity contribution in [2.75, 3.05) is 11.1 Å². The number of carbonyl (C=O) groups is 1. The van der Waals surface area contributed by atoms with Crippen LogP contribution in [0, 0.1) is 0 Å². The van der Waals surface area contributed by atoms with Crippen LogP contribution in [0.2, 0.25) is 5.02 Å². The molecule has 32 heavy (non-hydrogen) atoms. The first-order valence-electron chi connectivity index (χ1n) is 9.47. The number of benzene rings is 2. The predicted molar refractivity (Wildman–Crippen MR) is 135 cm³/mol. The van der Waals surface area contributed by atoms with Crippen molar-refractivity contribution in [2.45, 2.75) is 11.7 Å². The molecule has 0 saturated carbocycles. The van der Waals surface area contributed by atoms with Crippen LogP contribution in [-0.2, 0) is 11.3 Å². The lowest BCUT2D eigenvalue weighted by Crippen LogP contribution is -2.14. The van der Waals surface area contributed by atoms with Gasteiger partial charge in [0, 0.05) is 32.5 Å². The molecular weight excluding hydrogens is 530 g/mol. The first-order valence-corrected chi connectivity index (χ1v) is 12.5. The number of nitrogens with one attached hydrogen (secondary N) is 1. The standard InChI is InChI=1S/C22H17BrClN5OS2/c1-2-10-29-20(15-4-3-5-17(24)11-15)27-28-22(29)32-13-19(30)26-21-25-18(12-31-21)14-6-8-16(23)9-7-14/h2-9,11-12H,1,10,13H2,(H,25,26,30). The monoisotopic (exact) mass is 545 g/mol. The van der Waals surface area contributed by atoms with Gasteiger partial charge in [-0.15, -0.1) is 28.1 Å². The van der Waals surface area contributed by atoms with E-state index in [1.807, 2.05) is 52.4 Å². The van der Waals surface area contributed by atoms with E-state index in [-0.39, 0.29) is 11.7 Å². The van der Waals surface area contributed by atoms with Crippen molar-refractivity contribution in [1.82, 2.24) is 19.7 Å². The average molecular weight is 547 g/mol. The molecular formula is C22H17BrClN5OS2. The summed E-state index contributed by atoms with van der Waals surface area (Å²) in [7, 11) is 0. The summed E-state index contributed by atoms with van der Waals surface area (Å²) in [6.07, 6.45) is 1.76. The largest absolute Gasteiger partial charge is 0.301 e. The maximum absolute atomic E-state index is 12.5. The van der Waals surface area contributed by atoms with Crippen LogP contribution < -0.4 is 5.32 Å². The highest BCUT2D eigenvalue weighted by Gasteiger charge is 2.16. The number of thiazole rings is 1. The Kier molecular flexibility index (Phi) is 7.41. The van der Waals surface area contributed by atoms with E-state index in [2.05, 4.69) is 43.0 Å². The number of carbonyl (C=O) groups excluding carboxylic acids is 1. The number of allylic oxidation sites excluding steroid dienone is 1. The summed E-state index contributed by atoms with van der Waals surface area (Å²) in [6, 6.07) is 15.3. The van der Waals surface area contributed by atoms with Gasteiger partial charge in [0.15, 0.2) is 16.1 Å². The number of thioether (sulfide) groups is 1. The van der Waals surface area contributed by atoms with Gasteiger partial charge >= 0.3 is 0 Å². The summed E-state index contributed by atoms with van der Waals surface area (Å²) < 4.78 is 2.91. The first-order chi connectivity index (χ1) is 15.5. The van der Waals surface area contributed by atoms with E-state index in [9.17, 15) is 4.79 Å². The van der Waals surface area contributed by atoms with Crippen molar-refractivity contribution in [3.05, 3.63) is 76.1 Å². The lowest BCUT2D eigenvalue weighted by Gasteiger charge is -2.08.